The lowest BCUT2D eigenvalue weighted by Gasteiger charge is -2.36. The van der Waals surface area contributed by atoms with Crippen LogP contribution < -0.4 is 10.1 Å². The van der Waals surface area contributed by atoms with Gasteiger partial charge in [0.2, 0.25) is 0 Å². The Labute approximate surface area is 223 Å². The number of halogens is 3. The summed E-state index contributed by atoms with van der Waals surface area (Å²) in [7, 11) is 0. The number of carbonyl (C=O) groups is 1. The van der Waals surface area contributed by atoms with Gasteiger partial charge < -0.3 is 20.3 Å². The number of carboxylic acids is 1. The van der Waals surface area contributed by atoms with E-state index in [-0.39, 0.29) is 34.6 Å². The normalized spacial score (nSPS) is 14.5. The second-order valence-corrected chi connectivity index (χ2v) is 9.79. The Kier molecular flexibility index (Phi) is 11.4. The summed E-state index contributed by atoms with van der Waals surface area (Å²) >= 11 is 12.5. The van der Waals surface area contributed by atoms with E-state index in [0.29, 0.717) is 23.8 Å². The second-order valence-electron chi connectivity index (χ2n) is 9.03. The number of nitrogens with one attached hydrogen (secondary N) is 1. The highest BCUT2D eigenvalue weighted by Crippen LogP contribution is 2.36. The first-order chi connectivity index (χ1) is 16.3. The van der Waals surface area contributed by atoms with Gasteiger partial charge in [-0.05, 0) is 72.9 Å². The first-order valence-corrected chi connectivity index (χ1v) is 12.5. The summed E-state index contributed by atoms with van der Waals surface area (Å²) in [5, 5.41) is 23.4. The summed E-state index contributed by atoms with van der Waals surface area (Å²) in [6.45, 7) is 4.87. The molecule has 1 aliphatic carbocycles. The van der Waals surface area contributed by atoms with Crippen molar-refractivity contribution in [1.29, 1.82) is 0 Å². The third-order valence-electron chi connectivity index (χ3n) is 6.79. The van der Waals surface area contributed by atoms with E-state index in [4.69, 9.17) is 33.0 Å². The van der Waals surface area contributed by atoms with Crippen LogP contribution in [0, 0.1) is 5.92 Å². The first kappa shape index (κ1) is 29.5. The Morgan fingerprint density at radius 3 is 2.34 bits per heavy atom. The van der Waals surface area contributed by atoms with Crippen molar-refractivity contribution in [2.75, 3.05) is 13.2 Å². The largest absolute Gasteiger partial charge is 0.489 e. The van der Waals surface area contributed by atoms with Gasteiger partial charge in [0.25, 0.3) is 0 Å². The van der Waals surface area contributed by atoms with Crippen LogP contribution in [0.3, 0.4) is 0 Å². The number of aliphatic carboxylic acids is 1. The molecule has 1 aliphatic rings. The number of aliphatic hydroxyl groups is 1. The van der Waals surface area contributed by atoms with Crippen LogP contribution in [0.4, 0.5) is 0 Å². The molecular formula is C27H34Cl3NO4. The van der Waals surface area contributed by atoms with E-state index in [1.54, 1.807) is 12.1 Å². The molecule has 0 spiro atoms. The van der Waals surface area contributed by atoms with Crippen molar-refractivity contribution in [3.8, 4) is 5.75 Å². The number of carboxylic acid groups (broad SMARTS) is 1. The van der Waals surface area contributed by atoms with Crippen LogP contribution in [-0.2, 0) is 17.6 Å². The van der Waals surface area contributed by atoms with Gasteiger partial charge in [-0.2, -0.15) is 0 Å². The fraction of sp³-hybridized carbons (Fsp3) is 0.444. The molecule has 2 aromatic carbocycles. The maximum absolute atomic E-state index is 10.7. The van der Waals surface area contributed by atoms with E-state index in [2.05, 4.69) is 43.4 Å². The van der Waals surface area contributed by atoms with Gasteiger partial charge in [0, 0.05) is 18.2 Å². The molecule has 0 saturated carbocycles. The molecule has 5 nitrogen and oxygen atoms in total. The van der Waals surface area contributed by atoms with Crippen LogP contribution in [0.25, 0.3) is 6.08 Å². The van der Waals surface area contributed by atoms with Crippen molar-refractivity contribution in [2.24, 2.45) is 5.92 Å². The molecular weight excluding hydrogens is 509 g/mol. The van der Waals surface area contributed by atoms with Crippen molar-refractivity contribution in [3.05, 3.63) is 69.2 Å². The van der Waals surface area contributed by atoms with Crippen LogP contribution in [0.1, 0.15) is 49.8 Å². The molecule has 0 heterocycles. The van der Waals surface area contributed by atoms with Gasteiger partial charge in [0.1, 0.15) is 23.5 Å². The molecule has 192 valence electrons. The van der Waals surface area contributed by atoms with Crippen molar-refractivity contribution in [1.82, 2.24) is 5.32 Å². The molecule has 3 rings (SSSR count). The highest BCUT2D eigenvalue weighted by Gasteiger charge is 2.32. The van der Waals surface area contributed by atoms with E-state index in [9.17, 15) is 9.90 Å². The number of hydrogen-bond acceptors (Lipinski definition) is 4. The lowest BCUT2D eigenvalue weighted by Crippen LogP contribution is -2.49. The molecule has 0 fully saturated rings. The molecule has 8 heteroatoms. The number of rotatable bonds is 12. The number of fused-ring (bicyclic) bond motifs is 1. The second kappa shape index (κ2) is 13.5. The first-order valence-electron chi connectivity index (χ1n) is 11.8. The molecule has 2 aromatic rings. The molecule has 0 saturated heterocycles. The molecule has 0 amide bonds. The summed E-state index contributed by atoms with van der Waals surface area (Å²) in [5.41, 5.74) is 3.37. The van der Waals surface area contributed by atoms with E-state index in [0.717, 1.165) is 38.2 Å². The molecule has 0 unspecified atom stereocenters. The molecule has 35 heavy (non-hydrogen) atoms. The average Bonchev–Trinajstić information content (AvgIpc) is 3.24. The zero-order valence-electron chi connectivity index (χ0n) is 20.1. The standard InChI is InChI=1S/C27H33Cl2NO4.ClH/c1-3-27(4-2,15-18-13-20-7-5-6-8-21(20)14-18)30-16-22(31)17-34-23-11-9-19(10-12-24(32)33)25(28)26(23)29;/h5-12,18,22,30-31H,3-4,13-17H2,1-2H3,(H,32,33);1H/b12-10+;/t22-;/m1./s1. The van der Waals surface area contributed by atoms with Gasteiger partial charge in [0.05, 0.1) is 5.02 Å². The van der Waals surface area contributed by atoms with Crippen LogP contribution in [0.5, 0.6) is 5.75 Å². The number of aliphatic hydroxyl groups excluding tert-OH is 1. The zero-order chi connectivity index (χ0) is 24.7. The quantitative estimate of drug-likeness (QED) is 0.278. The zero-order valence-corrected chi connectivity index (χ0v) is 22.4. The summed E-state index contributed by atoms with van der Waals surface area (Å²) in [6, 6.07) is 11.9. The fourth-order valence-corrected chi connectivity index (χ4v) is 5.18. The van der Waals surface area contributed by atoms with Crippen LogP contribution in [0.2, 0.25) is 10.0 Å². The van der Waals surface area contributed by atoms with Crippen molar-refractivity contribution in [2.45, 2.75) is 57.6 Å². The van der Waals surface area contributed by atoms with E-state index in [1.807, 2.05) is 0 Å². The lowest BCUT2D eigenvalue weighted by molar-refractivity contribution is -0.131. The van der Waals surface area contributed by atoms with Gasteiger partial charge in [-0.1, -0.05) is 61.3 Å². The summed E-state index contributed by atoms with van der Waals surface area (Å²) in [4.78, 5) is 10.7. The third-order valence-corrected chi connectivity index (χ3v) is 7.67. The fourth-order valence-electron chi connectivity index (χ4n) is 4.73. The minimum Gasteiger partial charge on any atom is -0.489 e. The summed E-state index contributed by atoms with van der Waals surface area (Å²) < 4.78 is 5.72. The van der Waals surface area contributed by atoms with Crippen molar-refractivity contribution < 1.29 is 19.7 Å². The lowest BCUT2D eigenvalue weighted by atomic mass is 9.81. The van der Waals surface area contributed by atoms with Gasteiger partial charge in [0.15, 0.2) is 0 Å². The smallest absolute Gasteiger partial charge is 0.328 e. The highest BCUT2D eigenvalue weighted by molar-refractivity contribution is 6.43. The van der Waals surface area contributed by atoms with Gasteiger partial charge in [-0.3, -0.25) is 0 Å². The summed E-state index contributed by atoms with van der Waals surface area (Å²) in [6.07, 6.45) is 6.90. The van der Waals surface area contributed by atoms with E-state index >= 15 is 0 Å². The molecule has 0 aromatic heterocycles. The molecule has 0 bridgehead atoms. The molecule has 1 atom stereocenters. The Morgan fingerprint density at radius 2 is 1.77 bits per heavy atom. The molecule has 0 aliphatic heterocycles. The third kappa shape index (κ3) is 7.86. The Balaban J connectivity index is 0.00000432. The van der Waals surface area contributed by atoms with Crippen LogP contribution >= 0.6 is 35.6 Å². The molecule has 0 radical (unpaired) electrons. The minimum atomic E-state index is -1.07. The van der Waals surface area contributed by atoms with Crippen LogP contribution in [0.15, 0.2) is 42.5 Å². The Hall–Kier alpha value is -1.76. The number of hydrogen-bond donors (Lipinski definition) is 3. The van der Waals surface area contributed by atoms with Crippen molar-refractivity contribution >= 4 is 47.7 Å². The maximum Gasteiger partial charge on any atom is 0.328 e. The topological polar surface area (TPSA) is 78.8 Å². The minimum absolute atomic E-state index is 0. The SMILES string of the molecule is CCC(CC)(CC1Cc2ccccc2C1)NC[C@@H](O)COc1ccc(/C=C/C(=O)O)c(Cl)c1Cl.Cl. The Bertz CT molecular complexity index is 998. The maximum atomic E-state index is 10.7. The molecule has 3 N–H and O–H groups in total. The van der Waals surface area contributed by atoms with Gasteiger partial charge in [-0.15, -0.1) is 12.4 Å². The van der Waals surface area contributed by atoms with E-state index < -0.39 is 12.1 Å². The van der Waals surface area contributed by atoms with E-state index in [1.165, 1.54) is 17.2 Å². The summed E-state index contributed by atoms with van der Waals surface area (Å²) in [5.74, 6) is -0.122. The number of benzene rings is 2. The monoisotopic (exact) mass is 541 g/mol. The van der Waals surface area contributed by atoms with Crippen molar-refractivity contribution in [3.63, 3.8) is 0 Å². The van der Waals surface area contributed by atoms with Gasteiger partial charge in [-0.25, -0.2) is 4.79 Å². The van der Waals surface area contributed by atoms with Crippen LogP contribution in [-0.4, -0.2) is 41.0 Å². The predicted octanol–water partition coefficient (Wildman–Crippen LogP) is 6.21. The Morgan fingerprint density at radius 1 is 1.14 bits per heavy atom. The number of ether oxygens (including phenoxy) is 1. The predicted molar refractivity (Wildman–Crippen MR) is 145 cm³/mol. The average molecular weight is 543 g/mol. The highest BCUT2D eigenvalue weighted by atomic mass is 35.5. The van der Waals surface area contributed by atoms with Gasteiger partial charge >= 0.3 is 5.97 Å². The number of β-amino-alcohol motifs (C(OH)–C–C–N with tert-alkyl or cyclic N) is 1.